The lowest BCUT2D eigenvalue weighted by Crippen LogP contribution is -2.40. The van der Waals surface area contributed by atoms with Gasteiger partial charge < -0.3 is 15.4 Å². The smallest absolute Gasteiger partial charge is 0.263 e. The normalized spacial score (nSPS) is 28.5. The number of rotatable bonds is 3. The maximum atomic E-state index is 12.6. The Bertz CT molecular complexity index is 578. The summed E-state index contributed by atoms with van der Waals surface area (Å²) >= 11 is 3.49. The summed E-state index contributed by atoms with van der Waals surface area (Å²) in [5, 5.41) is 0. The van der Waals surface area contributed by atoms with Crippen LogP contribution < -0.4 is 10.5 Å². The van der Waals surface area contributed by atoms with Gasteiger partial charge in [-0.25, -0.2) is 0 Å². The van der Waals surface area contributed by atoms with Crippen molar-refractivity contribution >= 4 is 21.8 Å². The third kappa shape index (κ3) is 3.01. The van der Waals surface area contributed by atoms with Crippen LogP contribution in [-0.2, 0) is 4.79 Å². The third-order valence-electron chi connectivity index (χ3n) is 4.96. The maximum absolute atomic E-state index is 12.6. The van der Waals surface area contributed by atoms with E-state index >= 15 is 0 Å². The van der Waals surface area contributed by atoms with E-state index in [4.69, 9.17) is 10.5 Å². The molecule has 4 nitrogen and oxygen atoms in total. The van der Waals surface area contributed by atoms with Crippen molar-refractivity contribution < 1.29 is 9.53 Å². The van der Waals surface area contributed by atoms with E-state index in [2.05, 4.69) is 15.9 Å². The molecule has 4 unspecified atom stereocenters. The lowest BCUT2D eigenvalue weighted by atomic mass is 9.98. The van der Waals surface area contributed by atoms with Gasteiger partial charge in [0.05, 0.1) is 4.47 Å². The molecule has 5 heteroatoms. The van der Waals surface area contributed by atoms with Crippen molar-refractivity contribution in [1.29, 1.82) is 0 Å². The molecule has 1 aromatic carbocycles. The summed E-state index contributed by atoms with van der Waals surface area (Å²) in [4.78, 5) is 14.5. The van der Waals surface area contributed by atoms with E-state index in [0.29, 0.717) is 17.6 Å². The first-order valence-electron chi connectivity index (χ1n) is 7.93. The van der Waals surface area contributed by atoms with Gasteiger partial charge in [-0.3, -0.25) is 4.79 Å². The number of ether oxygens (including phenoxy) is 1. The van der Waals surface area contributed by atoms with E-state index in [-0.39, 0.29) is 11.9 Å². The number of fused-ring (bicyclic) bond motifs is 1. The molecule has 1 aromatic rings. The van der Waals surface area contributed by atoms with Crippen molar-refractivity contribution in [3.05, 3.63) is 28.2 Å². The second kappa shape index (κ2) is 6.20. The highest BCUT2D eigenvalue weighted by Gasteiger charge is 2.43. The van der Waals surface area contributed by atoms with Gasteiger partial charge in [0.2, 0.25) is 0 Å². The van der Waals surface area contributed by atoms with E-state index in [1.165, 1.54) is 0 Å². The van der Waals surface area contributed by atoms with Crippen LogP contribution in [-0.4, -0.2) is 36.0 Å². The molecule has 1 amide bonds. The largest absolute Gasteiger partial charge is 0.480 e. The number of benzene rings is 1. The average Bonchev–Trinajstić information content (AvgIpc) is 3.03. The predicted octanol–water partition coefficient (Wildman–Crippen LogP) is 2.72. The molecular weight excluding hydrogens is 344 g/mol. The van der Waals surface area contributed by atoms with Gasteiger partial charge in [-0.05, 0) is 72.2 Å². The van der Waals surface area contributed by atoms with Crippen LogP contribution in [0.5, 0.6) is 5.75 Å². The summed E-state index contributed by atoms with van der Waals surface area (Å²) in [5.74, 6) is 1.83. The summed E-state index contributed by atoms with van der Waals surface area (Å²) in [6.07, 6.45) is 1.77. The van der Waals surface area contributed by atoms with E-state index in [1.807, 2.05) is 36.9 Å². The van der Waals surface area contributed by atoms with Crippen molar-refractivity contribution in [3.63, 3.8) is 0 Å². The molecule has 0 radical (unpaired) electrons. The van der Waals surface area contributed by atoms with E-state index < -0.39 is 6.10 Å². The Morgan fingerprint density at radius 2 is 2.18 bits per heavy atom. The number of aryl methyl sites for hydroxylation is 1. The Labute approximate surface area is 140 Å². The van der Waals surface area contributed by atoms with Gasteiger partial charge in [-0.1, -0.05) is 6.07 Å². The topological polar surface area (TPSA) is 55.6 Å². The van der Waals surface area contributed by atoms with Crippen LogP contribution in [0.15, 0.2) is 22.7 Å². The first kappa shape index (κ1) is 15.8. The van der Waals surface area contributed by atoms with Crippen LogP contribution in [0, 0.1) is 18.8 Å². The second-order valence-corrected chi connectivity index (χ2v) is 7.46. The average molecular weight is 367 g/mol. The molecule has 2 fully saturated rings. The number of hydrogen-bond donors (Lipinski definition) is 1. The van der Waals surface area contributed by atoms with E-state index in [0.717, 1.165) is 36.0 Å². The number of amides is 1. The summed E-state index contributed by atoms with van der Waals surface area (Å²) in [5.41, 5.74) is 7.29. The van der Waals surface area contributed by atoms with Gasteiger partial charge in [0.1, 0.15) is 5.75 Å². The summed E-state index contributed by atoms with van der Waals surface area (Å²) < 4.78 is 6.74. The molecule has 1 aliphatic carbocycles. The Hall–Kier alpha value is -1.07. The van der Waals surface area contributed by atoms with Crippen molar-refractivity contribution in [2.24, 2.45) is 17.6 Å². The third-order valence-corrected chi connectivity index (χ3v) is 5.58. The standard InChI is InChI=1S/C17H23BrN2O2/c1-10-3-6-16(14(18)7-10)22-11(2)17(21)20-8-12-4-5-15(19)13(12)9-20/h3,6-7,11-13,15H,4-5,8-9,19H2,1-2H3. The van der Waals surface area contributed by atoms with Crippen molar-refractivity contribution in [2.45, 2.75) is 38.8 Å². The summed E-state index contributed by atoms with van der Waals surface area (Å²) in [6.45, 7) is 5.46. The molecule has 2 aliphatic rings. The zero-order chi connectivity index (χ0) is 15.9. The summed E-state index contributed by atoms with van der Waals surface area (Å²) in [6, 6.07) is 6.13. The SMILES string of the molecule is Cc1ccc(OC(C)C(=O)N2CC3CCC(N)C3C2)c(Br)c1. The quantitative estimate of drug-likeness (QED) is 0.894. The van der Waals surface area contributed by atoms with Gasteiger partial charge in [0.25, 0.3) is 5.91 Å². The van der Waals surface area contributed by atoms with Crippen LogP contribution in [0.2, 0.25) is 0 Å². The second-order valence-electron chi connectivity index (χ2n) is 6.60. The maximum Gasteiger partial charge on any atom is 0.263 e. The zero-order valence-corrected chi connectivity index (χ0v) is 14.7. The molecule has 3 rings (SSSR count). The number of carbonyl (C=O) groups is 1. The first-order chi connectivity index (χ1) is 10.5. The lowest BCUT2D eigenvalue weighted by Gasteiger charge is -2.23. The minimum Gasteiger partial charge on any atom is -0.480 e. The zero-order valence-electron chi connectivity index (χ0n) is 13.1. The fraction of sp³-hybridized carbons (Fsp3) is 0.588. The van der Waals surface area contributed by atoms with Gasteiger partial charge >= 0.3 is 0 Å². The van der Waals surface area contributed by atoms with Crippen LogP contribution in [0.1, 0.15) is 25.3 Å². The molecule has 22 heavy (non-hydrogen) atoms. The monoisotopic (exact) mass is 366 g/mol. The van der Waals surface area contributed by atoms with E-state index in [9.17, 15) is 4.79 Å². The minimum atomic E-state index is -0.478. The highest BCUT2D eigenvalue weighted by Crippen LogP contribution is 2.37. The van der Waals surface area contributed by atoms with Gasteiger partial charge in [0.15, 0.2) is 6.10 Å². The lowest BCUT2D eigenvalue weighted by molar-refractivity contribution is -0.137. The summed E-state index contributed by atoms with van der Waals surface area (Å²) in [7, 11) is 0. The van der Waals surface area contributed by atoms with Crippen molar-refractivity contribution in [3.8, 4) is 5.75 Å². The number of nitrogens with two attached hydrogens (primary N) is 1. The molecule has 0 bridgehead atoms. The van der Waals surface area contributed by atoms with Crippen LogP contribution in [0.4, 0.5) is 0 Å². The predicted molar refractivity (Wildman–Crippen MR) is 89.7 cm³/mol. The number of hydrogen-bond acceptors (Lipinski definition) is 3. The Morgan fingerprint density at radius 1 is 1.41 bits per heavy atom. The fourth-order valence-electron chi connectivity index (χ4n) is 3.69. The van der Waals surface area contributed by atoms with Crippen LogP contribution in [0.3, 0.4) is 0 Å². The fourth-order valence-corrected chi connectivity index (χ4v) is 4.27. The molecule has 120 valence electrons. The number of nitrogens with zero attached hydrogens (tertiary/aromatic N) is 1. The molecule has 1 saturated carbocycles. The highest BCUT2D eigenvalue weighted by atomic mass is 79.9. The molecule has 1 heterocycles. The van der Waals surface area contributed by atoms with Gasteiger partial charge in [0, 0.05) is 19.1 Å². The molecule has 1 saturated heterocycles. The highest BCUT2D eigenvalue weighted by molar-refractivity contribution is 9.10. The van der Waals surface area contributed by atoms with Gasteiger partial charge in [-0.15, -0.1) is 0 Å². The molecule has 1 aliphatic heterocycles. The molecule has 0 spiro atoms. The Balaban J connectivity index is 1.63. The van der Waals surface area contributed by atoms with E-state index in [1.54, 1.807) is 0 Å². The molecule has 0 aromatic heterocycles. The Morgan fingerprint density at radius 3 is 2.86 bits per heavy atom. The molecule has 2 N–H and O–H groups in total. The number of halogens is 1. The Kier molecular flexibility index (Phi) is 4.46. The van der Waals surface area contributed by atoms with Crippen molar-refractivity contribution in [2.75, 3.05) is 13.1 Å². The number of carbonyl (C=O) groups excluding carboxylic acids is 1. The molecular formula is C17H23BrN2O2. The molecule has 4 atom stereocenters. The first-order valence-corrected chi connectivity index (χ1v) is 8.72. The number of likely N-dealkylation sites (tertiary alicyclic amines) is 1. The van der Waals surface area contributed by atoms with Crippen molar-refractivity contribution in [1.82, 2.24) is 4.90 Å². The van der Waals surface area contributed by atoms with Gasteiger partial charge in [-0.2, -0.15) is 0 Å². The van der Waals surface area contributed by atoms with Crippen LogP contribution in [0.25, 0.3) is 0 Å². The van der Waals surface area contributed by atoms with Crippen LogP contribution >= 0.6 is 15.9 Å². The minimum absolute atomic E-state index is 0.0640.